The van der Waals surface area contributed by atoms with Crippen molar-refractivity contribution in [3.8, 4) is 5.75 Å². The van der Waals surface area contributed by atoms with E-state index in [1.807, 2.05) is 35.0 Å². The van der Waals surface area contributed by atoms with Crippen LogP contribution in [-0.2, 0) is 13.1 Å². The van der Waals surface area contributed by atoms with Gasteiger partial charge in [-0.3, -0.25) is 9.80 Å². The fourth-order valence-electron chi connectivity index (χ4n) is 4.61. The van der Waals surface area contributed by atoms with E-state index in [0.29, 0.717) is 6.54 Å². The van der Waals surface area contributed by atoms with Crippen molar-refractivity contribution in [1.29, 1.82) is 0 Å². The van der Waals surface area contributed by atoms with Crippen molar-refractivity contribution in [2.75, 3.05) is 33.3 Å². The summed E-state index contributed by atoms with van der Waals surface area (Å²) in [5.41, 5.74) is 3.70. The lowest BCUT2D eigenvalue weighted by Crippen LogP contribution is -2.48. The molecule has 3 aromatic carbocycles. The zero-order valence-electron chi connectivity index (χ0n) is 19.9. The third-order valence-corrected chi connectivity index (χ3v) is 6.43. The number of aromatic nitrogens is 4. The third kappa shape index (κ3) is 6.06. The Morgan fingerprint density at radius 1 is 0.771 bits per heavy atom. The topological polar surface area (TPSA) is 59.3 Å². The SMILES string of the molecule is COc1ccc(C(c2nnnn2Cc2ccccc2)N2CCN(Cc3ccccc3)CC2)cc1.Cl. The number of hydrogen-bond acceptors (Lipinski definition) is 6. The molecule has 1 saturated heterocycles. The van der Waals surface area contributed by atoms with Gasteiger partial charge < -0.3 is 4.74 Å². The smallest absolute Gasteiger partial charge is 0.173 e. The Bertz CT molecular complexity index is 1160. The van der Waals surface area contributed by atoms with Gasteiger partial charge in [-0.15, -0.1) is 17.5 Å². The van der Waals surface area contributed by atoms with Gasteiger partial charge in [0.05, 0.1) is 19.7 Å². The summed E-state index contributed by atoms with van der Waals surface area (Å²) in [6.45, 7) is 5.52. The molecule has 0 spiro atoms. The molecule has 1 aliphatic rings. The Morgan fingerprint density at radius 2 is 1.37 bits per heavy atom. The van der Waals surface area contributed by atoms with Gasteiger partial charge in [-0.2, -0.15) is 0 Å². The lowest BCUT2D eigenvalue weighted by Gasteiger charge is -2.39. The Labute approximate surface area is 212 Å². The summed E-state index contributed by atoms with van der Waals surface area (Å²) in [7, 11) is 1.69. The molecule has 5 rings (SSSR count). The van der Waals surface area contributed by atoms with Crippen LogP contribution < -0.4 is 4.74 Å². The van der Waals surface area contributed by atoms with Crippen molar-refractivity contribution >= 4 is 12.4 Å². The molecule has 1 aromatic heterocycles. The van der Waals surface area contributed by atoms with Crippen LogP contribution in [0.25, 0.3) is 0 Å². The predicted molar refractivity (Wildman–Crippen MR) is 139 cm³/mol. The van der Waals surface area contributed by atoms with Crippen LogP contribution in [0.2, 0.25) is 0 Å². The number of tetrazole rings is 1. The summed E-state index contributed by atoms with van der Waals surface area (Å²) in [4.78, 5) is 5.01. The lowest BCUT2D eigenvalue weighted by atomic mass is 10.0. The Balaban J connectivity index is 0.00000289. The number of hydrogen-bond donors (Lipinski definition) is 0. The van der Waals surface area contributed by atoms with Crippen LogP contribution in [0.3, 0.4) is 0 Å². The van der Waals surface area contributed by atoms with E-state index >= 15 is 0 Å². The van der Waals surface area contributed by atoms with Gasteiger partial charge in [-0.1, -0.05) is 72.8 Å². The minimum absolute atomic E-state index is 0. The van der Waals surface area contributed by atoms with E-state index in [1.54, 1.807) is 7.11 Å². The summed E-state index contributed by atoms with van der Waals surface area (Å²) in [6.07, 6.45) is 0. The molecule has 8 heteroatoms. The fourth-order valence-corrected chi connectivity index (χ4v) is 4.61. The minimum Gasteiger partial charge on any atom is -0.497 e. The molecule has 2 heterocycles. The summed E-state index contributed by atoms with van der Waals surface area (Å²) in [5.74, 6) is 1.71. The third-order valence-electron chi connectivity index (χ3n) is 6.43. The van der Waals surface area contributed by atoms with E-state index in [1.165, 1.54) is 16.7 Å². The van der Waals surface area contributed by atoms with Crippen LogP contribution >= 0.6 is 12.4 Å². The van der Waals surface area contributed by atoms with Crippen molar-refractivity contribution in [1.82, 2.24) is 30.0 Å². The minimum atomic E-state index is -0.0245. The zero-order chi connectivity index (χ0) is 23.2. The first kappa shape index (κ1) is 24.9. The predicted octanol–water partition coefficient (Wildman–Crippen LogP) is 4.06. The van der Waals surface area contributed by atoms with Gasteiger partial charge in [-0.25, -0.2) is 4.68 Å². The van der Waals surface area contributed by atoms with Crippen LogP contribution in [0.1, 0.15) is 28.6 Å². The monoisotopic (exact) mass is 490 g/mol. The molecule has 182 valence electrons. The standard InChI is InChI=1S/C27H30N6O.ClH/c1-34-25-14-12-24(13-15-25)26(27-28-29-30-33(27)21-23-10-6-3-7-11-23)32-18-16-31(17-19-32)20-22-8-4-2-5-9-22;/h2-15,26H,16-21H2,1H3;1H. The summed E-state index contributed by atoms with van der Waals surface area (Å²) < 4.78 is 7.32. The molecule has 0 radical (unpaired) electrons. The number of benzene rings is 3. The van der Waals surface area contributed by atoms with E-state index in [4.69, 9.17) is 4.74 Å². The number of rotatable bonds is 8. The molecule has 0 aliphatic carbocycles. The van der Waals surface area contributed by atoms with Gasteiger partial charge in [0.2, 0.25) is 0 Å². The molecule has 7 nitrogen and oxygen atoms in total. The Morgan fingerprint density at radius 3 is 1.97 bits per heavy atom. The van der Waals surface area contributed by atoms with Crippen molar-refractivity contribution in [3.63, 3.8) is 0 Å². The van der Waals surface area contributed by atoms with Gasteiger partial charge >= 0.3 is 0 Å². The van der Waals surface area contributed by atoms with Gasteiger partial charge in [0, 0.05) is 32.7 Å². The fraction of sp³-hybridized carbons (Fsp3) is 0.296. The summed E-state index contributed by atoms with van der Waals surface area (Å²) in [6, 6.07) is 29.3. The number of methoxy groups -OCH3 is 1. The molecule has 1 unspecified atom stereocenters. The molecule has 1 aliphatic heterocycles. The second-order valence-electron chi connectivity index (χ2n) is 8.65. The summed E-state index contributed by atoms with van der Waals surface area (Å²) in [5, 5.41) is 12.9. The molecule has 4 aromatic rings. The number of ether oxygens (including phenoxy) is 1. The van der Waals surface area contributed by atoms with Gasteiger partial charge in [-0.05, 0) is 39.2 Å². The largest absolute Gasteiger partial charge is 0.497 e. The highest BCUT2D eigenvalue weighted by molar-refractivity contribution is 5.85. The highest BCUT2D eigenvalue weighted by atomic mass is 35.5. The van der Waals surface area contributed by atoms with E-state index < -0.39 is 0 Å². The maximum atomic E-state index is 5.39. The molecule has 0 bridgehead atoms. The Hall–Kier alpha value is -3.26. The second-order valence-corrected chi connectivity index (χ2v) is 8.65. The van der Waals surface area contributed by atoms with Gasteiger partial charge in [0.25, 0.3) is 0 Å². The molecule has 0 amide bonds. The van der Waals surface area contributed by atoms with E-state index in [-0.39, 0.29) is 18.4 Å². The number of nitrogens with zero attached hydrogens (tertiary/aromatic N) is 6. The van der Waals surface area contributed by atoms with Crippen molar-refractivity contribution in [2.45, 2.75) is 19.1 Å². The average Bonchev–Trinajstić information content (AvgIpc) is 3.34. The van der Waals surface area contributed by atoms with Crippen LogP contribution in [0.15, 0.2) is 84.9 Å². The highest BCUT2D eigenvalue weighted by Gasteiger charge is 2.30. The quantitative estimate of drug-likeness (QED) is 0.371. The number of piperazine rings is 1. The first-order valence-electron chi connectivity index (χ1n) is 11.7. The van der Waals surface area contributed by atoms with Crippen LogP contribution in [0, 0.1) is 0 Å². The van der Waals surface area contributed by atoms with Crippen molar-refractivity contribution < 1.29 is 4.74 Å². The molecular weight excluding hydrogens is 460 g/mol. The molecule has 1 fully saturated rings. The van der Waals surface area contributed by atoms with Crippen molar-refractivity contribution in [3.05, 3.63) is 107 Å². The molecule has 1 atom stereocenters. The van der Waals surface area contributed by atoms with Crippen LogP contribution in [0.5, 0.6) is 5.75 Å². The van der Waals surface area contributed by atoms with Crippen LogP contribution in [-0.4, -0.2) is 63.3 Å². The normalized spacial score (nSPS) is 15.3. The molecule has 0 N–H and O–H groups in total. The van der Waals surface area contributed by atoms with Crippen LogP contribution in [0.4, 0.5) is 0 Å². The van der Waals surface area contributed by atoms with Crippen molar-refractivity contribution in [2.24, 2.45) is 0 Å². The average molecular weight is 491 g/mol. The number of halogens is 1. The first-order chi connectivity index (χ1) is 16.8. The Kier molecular flexibility index (Phi) is 8.47. The van der Waals surface area contributed by atoms with E-state index in [2.05, 4.69) is 79.9 Å². The van der Waals surface area contributed by atoms with Gasteiger partial charge in [0.1, 0.15) is 5.75 Å². The highest BCUT2D eigenvalue weighted by Crippen LogP contribution is 2.30. The van der Waals surface area contributed by atoms with Gasteiger partial charge in [0.15, 0.2) is 5.82 Å². The first-order valence-corrected chi connectivity index (χ1v) is 11.7. The summed E-state index contributed by atoms with van der Waals surface area (Å²) >= 11 is 0. The second kappa shape index (κ2) is 11.9. The van der Waals surface area contributed by atoms with E-state index in [9.17, 15) is 0 Å². The maximum absolute atomic E-state index is 5.39. The molecular formula is C27H31ClN6O. The zero-order valence-corrected chi connectivity index (χ0v) is 20.7. The van der Waals surface area contributed by atoms with E-state index in [0.717, 1.165) is 44.3 Å². The molecule has 0 saturated carbocycles. The maximum Gasteiger partial charge on any atom is 0.173 e. The lowest BCUT2D eigenvalue weighted by molar-refractivity contribution is 0.100. The molecule has 35 heavy (non-hydrogen) atoms.